The number of hydrogen-bond acceptors (Lipinski definition) is 4. The van der Waals surface area contributed by atoms with Gasteiger partial charge in [-0.2, -0.15) is 0 Å². The van der Waals surface area contributed by atoms with Gasteiger partial charge in [-0.05, 0) is 62.6 Å². The van der Waals surface area contributed by atoms with E-state index in [1.54, 1.807) is 18.2 Å². The molecule has 0 saturated carbocycles. The number of nitrogens with one attached hydrogen (secondary N) is 1. The molecule has 0 unspecified atom stereocenters. The standard InChI is InChI=1S/C23H28ClNO4/c1-3-28-20-9-8-17(14-21(20)29-4-2)22(26)25-16-23(10-12-27-13-11-23)18-6-5-7-19(24)15-18/h5-9,14-15H,3-4,10-13,16H2,1-2H3,(H,25,26). The molecular formula is C23H28ClNO4. The number of hydrogen-bond donors (Lipinski definition) is 1. The second-order valence-corrected chi connectivity index (χ2v) is 7.55. The van der Waals surface area contributed by atoms with Crippen LogP contribution in [0, 0.1) is 0 Å². The maximum absolute atomic E-state index is 12.9. The maximum Gasteiger partial charge on any atom is 0.251 e. The number of rotatable bonds is 8. The van der Waals surface area contributed by atoms with E-state index in [1.807, 2.05) is 32.0 Å². The first-order chi connectivity index (χ1) is 14.1. The summed E-state index contributed by atoms with van der Waals surface area (Å²) in [6.45, 7) is 6.72. The minimum Gasteiger partial charge on any atom is -0.490 e. The van der Waals surface area contributed by atoms with Crippen LogP contribution in [-0.4, -0.2) is 38.9 Å². The summed E-state index contributed by atoms with van der Waals surface area (Å²) in [7, 11) is 0. The average Bonchev–Trinajstić information content (AvgIpc) is 2.74. The highest BCUT2D eigenvalue weighted by Gasteiger charge is 2.35. The van der Waals surface area contributed by atoms with E-state index in [0.29, 0.717) is 55.1 Å². The van der Waals surface area contributed by atoms with Crippen LogP contribution in [0.5, 0.6) is 11.5 Å². The lowest BCUT2D eigenvalue weighted by Gasteiger charge is -2.38. The number of carbonyl (C=O) groups is 1. The molecule has 1 aliphatic rings. The van der Waals surface area contributed by atoms with Crippen LogP contribution in [0.1, 0.15) is 42.6 Å². The van der Waals surface area contributed by atoms with Gasteiger partial charge in [0.25, 0.3) is 5.91 Å². The summed E-state index contributed by atoms with van der Waals surface area (Å²) >= 11 is 6.23. The second-order valence-electron chi connectivity index (χ2n) is 7.11. The van der Waals surface area contributed by atoms with Crippen LogP contribution >= 0.6 is 11.6 Å². The molecule has 0 aliphatic carbocycles. The van der Waals surface area contributed by atoms with Crippen molar-refractivity contribution < 1.29 is 19.0 Å². The normalized spacial score (nSPS) is 15.6. The molecular weight excluding hydrogens is 390 g/mol. The van der Waals surface area contributed by atoms with Crippen molar-refractivity contribution in [3.8, 4) is 11.5 Å². The van der Waals surface area contributed by atoms with Crippen LogP contribution in [0.15, 0.2) is 42.5 Å². The molecule has 1 fully saturated rings. The minimum atomic E-state index is -0.188. The molecule has 2 aromatic carbocycles. The van der Waals surface area contributed by atoms with Gasteiger partial charge >= 0.3 is 0 Å². The molecule has 0 spiro atoms. The van der Waals surface area contributed by atoms with Crippen LogP contribution in [0.3, 0.4) is 0 Å². The Morgan fingerprint density at radius 2 is 1.79 bits per heavy atom. The van der Waals surface area contributed by atoms with E-state index >= 15 is 0 Å². The first-order valence-electron chi connectivity index (χ1n) is 10.1. The van der Waals surface area contributed by atoms with Crippen LogP contribution in [-0.2, 0) is 10.2 Å². The summed E-state index contributed by atoms with van der Waals surface area (Å²) in [5.74, 6) is 1.09. The van der Waals surface area contributed by atoms with Crippen molar-refractivity contribution in [2.24, 2.45) is 0 Å². The zero-order valence-corrected chi connectivity index (χ0v) is 17.8. The lowest BCUT2D eigenvalue weighted by molar-refractivity contribution is 0.0487. The van der Waals surface area contributed by atoms with E-state index in [2.05, 4.69) is 11.4 Å². The third-order valence-electron chi connectivity index (χ3n) is 5.28. The van der Waals surface area contributed by atoms with Crippen molar-refractivity contribution >= 4 is 17.5 Å². The number of benzene rings is 2. The molecule has 1 aliphatic heterocycles. The van der Waals surface area contributed by atoms with E-state index in [-0.39, 0.29) is 11.3 Å². The summed E-state index contributed by atoms with van der Waals surface area (Å²) in [6.07, 6.45) is 1.67. The zero-order chi connectivity index (χ0) is 20.7. The molecule has 0 atom stereocenters. The number of carbonyl (C=O) groups excluding carboxylic acids is 1. The average molecular weight is 418 g/mol. The van der Waals surface area contributed by atoms with Crippen molar-refractivity contribution in [1.29, 1.82) is 0 Å². The predicted molar refractivity (Wildman–Crippen MR) is 114 cm³/mol. The van der Waals surface area contributed by atoms with Gasteiger partial charge in [-0.15, -0.1) is 0 Å². The molecule has 0 radical (unpaired) electrons. The number of amides is 1. The second kappa shape index (κ2) is 9.99. The molecule has 156 valence electrons. The van der Waals surface area contributed by atoms with Crippen molar-refractivity contribution in [3.63, 3.8) is 0 Å². The quantitative estimate of drug-likeness (QED) is 0.681. The van der Waals surface area contributed by atoms with Gasteiger partial charge in [0.1, 0.15) is 0 Å². The van der Waals surface area contributed by atoms with Crippen molar-refractivity contribution in [3.05, 3.63) is 58.6 Å². The topological polar surface area (TPSA) is 56.8 Å². The van der Waals surface area contributed by atoms with Gasteiger partial charge in [-0.3, -0.25) is 4.79 Å². The SMILES string of the molecule is CCOc1ccc(C(=O)NCC2(c3cccc(Cl)c3)CCOCC2)cc1OCC. The summed E-state index contributed by atoms with van der Waals surface area (Å²) in [5.41, 5.74) is 1.49. The Bertz CT molecular complexity index is 833. The van der Waals surface area contributed by atoms with Gasteiger partial charge in [0.2, 0.25) is 0 Å². The first-order valence-corrected chi connectivity index (χ1v) is 10.5. The van der Waals surface area contributed by atoms with Gasteiger partial charge in [0.15, 0.2) is 11.5 Å². The molecule has 0 bridgehead atoms. The molecule has 3 rings (SSSR count). The lowest BCUT2D eigenvalue weighted by Crippen LogP contribution is -2.44. The molecule has 1 N–H and O–H groups in total. The largest absolute Gasteiger partial charge is 0.490 e. The van der Waals surface area contributed by atoms with E-state index in [0.717, 1.165) is 18.4 Å². The maximum atomic E-state index is 12.9. The Labute approximate surface area is 177 Å². The molecule has 1 saturated heterocycles. The smallest absolute Gasteiger partial charge is 0.251 e. The van der Waals surface area contributed by atoms with E-state index < -0.39 is 0 Å². The fourth-order valence-corrected chi connectivity index (χ4v) is 3.88. The van der Waals surface area contributed by atoms with Crippen molar-refractivity contribution in [2.45, 2.75) is 32.1 Å². The molecule has 1 heterocycles. The minimum absolute atomic E-state index is 0.137. The molecule has 0 aromatic heterocycles. The zero-order valence-electron chi connectivity index (χ0n) is 17.0. The van der Waals surface area contributed by atoms with E-state index in [1.165, 1.54) is 0 Å². The molecule has 2 aromatic rings. The van der Waals surface area contributed by atoms with Crippen LogP contribution in [0.25, 0.3) is 0 Å². The summed E-state index contributed by atoms with van der Waals surface area (Å²) in [4.78, 5) is 12.9. The van der Waals surface area contributed by atoms with E-state index in [9.17, 15) is 4.79 Å². The fourth-order valence-electron chi connectivity index (χ4n) is 3.69. The summed E-state index contributed by atoms with van der Waals surface area (Å²) in [6, 6.07) is 13.2. The predicted octanol–water partition coefficient (Wildman–Crippen LogP) is 4.62. The Balaban J connectivity index is 1.77. The Morgan fingerprint density at radius 3 is 2.48 bits per heavy atom. The highest BCUT2D eigenvalue weighted by atomic mass is 35.5. The van der Waals surface area contributed by atoms with Gasteiger partial charge in [0, 0.05) is 35.8 Å². The van der Waals surface area contributed by atoms with Crippen LogP contribution in [0.4, 0.5) is 0 Å². The van der Waals surface area contributed by atoms with Crippen LogP contribution in [0.2, 0.25) is 5.02 Å². The van der Waals surface area contributed by atoms with Crippen LogP contribution < -0.4 is 14.8 Å². The van der Waals surface area contributed by atoms with Crippen molar-refractivity contribution in [1.82, 2.24) is 5.32 Å². The molecule has 6 heteroatoms. The highest BCUT2D eigenvalue weighted by molar-refractivity contribution is 6.30. The highest BCUT2D eigenvalue weighted by Crippen LogP contribution is 2.35. The Morgan fingerprint density at radius 1 is 1.07 bits per heavy atom. The summed E-state index contributed by atoms with van der Waals surface area (Å²) < 4.78 is 16.8. The van der Waals surface area contributed by atoms with Gasteiger partial charge in [-0.1, -0.05) is 23.7 Å². The third kappa shape index (κ3) is 5.22. The first kappa shape index (κ1) is 21.5. The number of ether oxygens (including phenoxy) is 3. The monoisotopic (exact) mass is 417 g/mol. The number of halogens is 1. The summed E-state index contributed by atoms with van der Waals surface area (Å²) in [5, 5.41) is 3.82. The fraction of sp³-hybridized carbons (Fsp3) is 0.435. The lowest BCUT2D eigenvalue weighted by atomic mass is 9.74. The van der Waals surface area contributed by atoms with Gasteiger partial charge in [-0.25, -0.2) is 0 Å². The van der Waals surface area contributed by atoms with E-state index in [4.69, 9.17) is 25.8 Å². The van der Waals surface area contributed by atoms with Gasteiger partial charge in [0.05, 0.1) is 13.2 Å². The Hall–Kier alpha value is -2.24. The van der Waals surface area contributed by atoms with Gasteiger partial charge < -0.3 is 19.5 Å². The third-order valence-corrected chi connectivity index (χ3v) is 5.51. The van der Waals surface area contributed by atoms with Crippen molar-refractivity contribution in [2.75, 3.05) is 33.0 Å². The molecule has 1 amide bonds. The Kier molecular flexibility index (Phi) is 7.40. The molecule has 29 heavy (non-hydrogen) atoms. The molecule has 5 nitrogen and oxygen atoms in total.